The van der Waals surface area contributed by atoms with Crippen LogP contribution in [-0.4, -0.2) is 52.5 Å². The molecule has 0 aliphatic carbocycles. The SMILES string of the molecule is COCOc1c(C)cc(-c2cn(CC(=O)OC)c3ncn(C)c(=O)c23)cc1C(=O)NC(C)(C)CC(C)(C)C. The largest absolute Gasteiger partial charge is 0.468 e. The highest BCUT2D eigenvalue weighted by Gasteiger charge is 2.29. The molecule has 0 atom stereocenters. The lowest BCUT2D eigenvalue weighted by molar-refractivity contribution is -0.141. The zero-order chi connectivity index (χ0) is 28.4. The van der Waals surface area contributed by atoms with Crippen molar-refractivity contribution in [2.75, 3.05) is 21.0 Å². The van der Waals surface area contributed by atoms with Crippen molar-refractivity contribution in [1.29, 1.82) is 0 Å². The highest BCUT2D eigenvalue weighted by atomic mass is 16.7. The van der Waals surface area contributed by atoms with E-state index in [-0.39, 0.29) is 30.2 Å². The normalized spacial score (nSPS) is 12.0. The van der Waals surface area contributed by atoms with Gasteiger partial charge in [-0.3, -0.25) is 14.4 Å². The second-order valence-electron chi connectivity index (χ2n) is 11.4. The summed E-state index contributed by atoms with van der Waals surface area (Å²) in [4.78, 5) is 43.3. The molecule has 0 aliphatic heterocycles. The van der Waals surface area contributed by atoms with E-state index in [1.165, 1.54) is 25.1 Å². The zero-order valence-corrected chi connectivity index (χ0v) is 23.7. The van der Waals surface area contributed by atoms with Gasteiger partial charge in [-0.15, -0.1) is 0 Å². The Hall–Kier alpha value is -3.66. The van der Waals surface area contributed by atoms with Gasteiger partial charge in [0.1, 0.15) is 17.9 Å². The number of hydrogen-bond acceptors (Lipinski definition) is 7. The van der Waals surface area contributed by atoms with Crippen LogP contribution >= 0.6 is 0 Å². The van der Waals surface area contributed by atoms with Gasteiger partial charge in [-0.1, -0.05) is 20.8 Å². The molecule has 3 aromatic rings. The molecule has 0 unspecified atom stereocenters. The third-order valence-electron chi connectivity index (χ3n) is 6.04. The second-order valence-corrected chi connectivity index (χ2v) is 11.4. The monoisotopic (exact) mass is 526 g/mol. The van der Waals surface area contributed by atoms with Gasteiger partial charge in [0.05, 0.1) is 24.4 Å². The van der Waals surface area contributed by atoms with Crippen LogP contribution in [0.15, 0.2) is 29.5 Å². The fourth-order valence-corrected chi connectivity index (χ4v) is 4.96. The molecule has 1 amide bonds. The third-order valence-corrected chi connectivity index (χ3v) is 6.04. The van der Waals surface area contributed by atoms with E-state index in [4.69, 9.17) is 14.2 Å². The molecular formula is C28H38N4O6. The molecule has 38 heavy (non-hydrogen) atoms. The summed E-state index contributed by atoms with van der Waals surface area (Å²) in [5.41, 5.74) is 1.74. The average Bonchev–Trinajstić information content (AvgIpc) is 3.16. The number of benzene rings is 1. The minimum Gasteiger partial charge on any atom is -0.468 e. The fraction of sp³-hybridized carbons (Fsp3) is 0.500. The summed E-state index contributed by atoms with van der Waals surface area (Å²) >= 11 is 0. The van der Waals surface area contributed by atoms with Crippen LogP contribution in [0.5, 0.6) is 5.75 Å². The summed E-state index contributed by atoms with van der Waals surface area (Å²) in [6.07, 6.45) is 3.85. The van der Waals surface area contributed by atoms with Gasteiger partial charge in [-0.05, 0) is 55.9 Å². The molecule has 0 bridgehead atoms. The van der Waals surface area contributed by atoms with Crippen LogP contribution < -0.4 is 15.6 Å². The first-order valence-electron chi connectivity index (χ1n) is 12.4. The first-order valence-corrected chi connectivity index (χ1v) is 12.4. The van der Waals surface area contributed by atoms with Crippen molar-refractivity contribution in [2.45, 2.75) is 60.0 Å². The maximum atomic E-state index is 13.7. The molecular weight excluding hydrogens is 488 g/mol. The molecule has 2 heterocycles. The van der Waals surface area contributed by atoms with E-state index in [1.54, 1.807) is 23.9 Å². The summed E-state index contributed by atoms with van der Waals surface area (Å²) in [6, 6.07) is 3.54. The number of carbonyl (C=O) groups excluding carboxylic acids is 2. The fourth-order valence-electron chi connectivity index (χ4n) is 4.96. The van der Waals surface area contributed by atoms with Gasteiger partial charge in [0.25, 0.3) is 11.5 Å². The number of ether oxygens (including phenoxy) is 3. The van der Waals surface area contributed by atoms with Crippen molar-refractivity contribution in [2.24, 2.45) is 12.5 Å². The molecule has 206 valence electrons. The average molecular weight is 527 g/mol. The first-order chi connectivity index (χ1) is 17.7. The van der Waals surface area contributed by atoms with Crippen molar-refractivity contribution in [3.8, 4) is 16.9 Å². The van der Waals surface area contributed by atoms with Crippen molar-refractivity contribution < 1.29 is 23.8 Å². The van der Waals surface area contributed by atoms with Gasteiger partial charge in [-0.2, -0.15) is 0 Å². The molecule has 0 aliphatic rings. The van der Waals surface area contributed by atoms with E-state index >= 15 is 0 Å². The summed E-state index contributed by atoms with van der Waals surface area (Å²) in [5.74, 6) is -0.389. The molecule has 10 heteroatoms. The van der Waals surface area contributed by atoms with E-state index in [9.17, 15) is 14.4 Å². The standard InChI is InChI=1S/C28H38N4O6/c1-17-10-18(20-12-32(13-21(33)37-9)24-22(20)26(35)31(7)15-29-24)11-19(23(17)38-16-36-8)25(34)30-28(5,6)14-27(2,3)4/h10-12,15H,13-14,16H2,1-9H3,(H,30,34). The zero-order valence-electron chi connectivity index (χ0n) is 23.7. The Morgan fingerprint density at radius 2 is 1.79 bits per heavy atom. The van der Waals surface area contributed by atoms with Crippen LogP contribution in [0.1, 0.15) is 57.0 Å². The number of nitrogens with one attached hydrogen (secondary N) is 1. The lowest BCUT2D eigenvalue weighted by Gasteiger charge is -2.33. The van der Waals surface area contributed by atoms with Crippen molar-refractivity contribution >= 4 is 22.9 Å². The van der Waals surface area contributed by atoms with Crippen LogP contribution in [0.25, 0.3) is 22.2 Å². The molecule has 10 nitrogen and oxygen atoms in total. The number of esters is 1. The number of fused-ring (bicyclic) bond motifs is 1. The van der Waals surface area contributed by atoms with Crippen molar-refractivity contribution in [3.05, 3.63) is 46.1 Å². The summed E-state index contributed by atoms with van der Waals surface area (Å²) in [7, 11) is 4.42. The smallest absolute Gasteiger partial charge is 0.325 e. The highest BCUT2D eigenvalue weighted by Crippen LogP contribution is 2.35. The molecule has 0 saturated carbocycles. The molecule has 0 saturated heterocycles. The van der Waals surface area contributed by atoms with Gasteiger partial charge in [-0.25, -0.2) is 4.98 Å². The number of methoxy groups -OCH3 is 2. The number of rotatable bonds is 9. The number of hydrogen-bond donors (Lipinski definition) is 1. The number of carbonyl (C=O) groups is 2. The molecule has 2 aromatic heterocycles. The lowest BCUT2D eigenvalue weighted by Crippen LogP contribution is -2.46. The van der Waals surface area contributed by atoms with Gasteiger partial charge in [0.15, 0.2) is 6.79 Å². The van der Waals surface area contributed by atoms with Gasteiger partial charge in [0, 0.05) is 31.5 Å². The van der Waals surface area contributed by atoms with Crippen LogP contribution in [0.3, 0.4) is 0 Å². The Balaban J connectivity index is 2.21. The summed E-state index contributed by atoms with van der Waals surface area (Å²) in [5, 5.41) is 3.48. The predicted molar refractivity (Wildman–Crippen MR) is 145 cm³/mol. The number of aromatic nitrogens is 3. The van der Waals surface area contributed by atoms with Crippen LogP contribution in [0.2, 0.25) is 0 Å². The molecule has 1 N–H and O–H groups in total. The van der Waals surface area contributed by atoms with E-state index in [1.807, 2.05) is 26.8 Å². The summed E-state index contributed by atoms with van der Waals surface area (Å²) < 4.78 is 18.7. The first kappa shape index (κ1) is 28.9. The maximum Gasteiger partial charge on any atom is 0.325 e. The molecule has 0 radical (unpaired) electrons. The molecule has 0 spiro atoms. The van der Waals surface area contributed by atoms with Crippen molar-refractivity contribution in [1.82, 2.24) is 19.4 Å². The molecule has 3 rings (SSSR count). The minimum atomic E-state index is -0.492. The number of aryl methyl sites for hydroxylation is 2. The number of amides is 1. The van der Waals surface area contributed by atoms with E-state index < -0.39 is 11.5 Å². The summed E-state index contributed by atoms with van der Waals surface area (Å²) in [6.45, 7) is 12.0. The van der Waals surface area contributed by atoms with E-state index in [2.05, 4.69) is 31.1 Å². The Labute approximate surface area is 222 Å². The van der Waals surface area contributed by atoms with Gasteiger partial charge >= 0.3 is 5.97 Å². The van der Waals surface area contributed by atoms with Crippen LogP contribution in [-0.2, 0) is 27.9 Å². The maximum absolute atomic E-state index is 13.7. The van der Waals surface area contributed by atoms with E-state index in [0.29, 0.717) is 39.0 Å². The topological polar surface area (TPSA) is 114 Å². The van der Waals surface area contributed by atoms with Crippen molar-refractivity contribution in [3.63, 3.8) is 0 Å². The predicted octanol–water partition coefficient (Wildman–Crippen LogP) is 3.81. The molecule has 1 aromatic carbocycles. The number of nitrogens with zero attached hydrogens (tertiary/aromatic N) is 3. The quantitative estimate of drug-likeness (QED) is 0.333. The van der Waals surface area contributed by atoms with Crippen LogP contribution in [0.4, 0.5) is 0 Å². The lowest BCUT2D eigenvalue weighted by atomic mass is 9.81. The Bertz CT molecular complexity index is 1410. The second kappa shape index (κ2) is 11.0. The minimum absolute atomic E-state index is 0.00154. The van der Waals surface area contributed by atoms with Gasteiger partial charge in [0.2, 0.25) is 0 Å². The molecule has 0 fully saturated rings. The Morgan fingerprint density at radius 1 is 1.11 bits per heavy atom. The highest BCUT2D eigenvalue weighted by molar-refractivity contribution is 6.01. The van der Waals surface area contributed by atoms with E-state index in [0.717, 1.165) is 6.42 Å². The van der Waals surface area contributed by atoms with Gasteiger partial charge < -0.3 is 28.7 Å². The Morgan fingerprint density at radius 3 is 2.39 bits per heavy atom. The Kier molecular flexibility index (Phi) is 8.36. The van der Waals surface area contributed by atoms with Crippen LogP contribution in [0, 0.1) is 12.3 Å². The third kappa shape index (κ3) is 6.42.